The first-order valence-electron chi connectivity index (χ1n) is 8.11. The summed E-state index contributed by atoms with van der Waals surface area (Å²) in [5.74, 6) is 0.527. The molecule has 0 spiro atoms. The highest BCUT2D eigenvalue weighted by Crippen LogP contribution is 2.18. The molecule has 0 bridgehead atoms. The SMILES string of the molecule is Cl.Cl.NCc1cc(C(=O)NCCCN2CCc3ccccc3C2)co1. The van der Waals surface area contributed by atoms with Crippen LogP contribution >= 0.6 is 24.8 Å². The van der Waals surface area contributed by atoms with Gasteiger partial charge in [-0.05, 0) is 30.0 Å². The molecule has 1 aliphatic heterocycles. The van der Waals surface area contributed by atoms with Crippen LogP contribution in [0.2, 0.25) is 0 Å². The Morgan fingerprint density at radius 1 is 1.24 bits per heavy atom. The third-order valence-electron chi connectivity index (χ3n) is 4.26. The van der Waals surface area contributed by atoms with E-state index in [0.29, 0.717) is 24.4 Å². The Bertz CT molecular complexity index is 676. The summed E-state index contributed by atoms with van der Waals surface area (Å²) in [6.45, 7) is 4.07. The fraction of sp³-hybridized carbons (Fsp3) is 0.389. The van der Waals surface area contributed by atoms with Crippen LogP contribution in [0.3, 0.4) is 0 Å². The van der Waals surface area contributed by atoms with Gasteiger partial charge in [0.15, 0.2) is 0 Å². The maximum atomic E-state index is 12.0. The van der Waals surface area contributed by atoms with E-state index in [-0.39, 0.29) is 30.7 Å². The zero-order valence-electron chi connectivity index (χ0n) is 14.1. The van der Waals surface area contributed by atoms with E-state index in [0.717, 1.165) is 32.5 Å². The lowest BCUT2D eigenvalue weighted by atomic mass is 10.00. The number of nitrogens with zero attached hydrogens (tertiary/aromatic N) is 1. The summed E-state index contributed by atoms with van der Waals surface area (Å²) in [6.07, 6.45) is 3.51. The van der Waals surface area contributed by atoms with Crippen molar-refractivity contribution in [3.05, 3.63) is 59.0 Å². The van der Waals surface area contributed by atoms with E-state index in [9.17, 15) is 4.79 Å². The number of fused-ring (bicyclic) bond motifs is 1. The first-order valence-corrected chi connectivity index (χ1v) is 8.11. The molecule has 138 valence electrons. The Hall–Kier alpha value is -1.53. The van der Waals surface area contributed by atoms with Gasteiger partial charge in [-0.25, -0.2) is 0 Å². The molecule has 0 saturated heterocycles. The largest absolute Gasteiger partial charge is 0.467 e. The molecule has 5 nitrogen and oxygen atoms in total. The van der Waals surface area contributed by atoms with Crippen LogP contribution in [0.15, 0.2) is 41.0 Å². The second-order valence-electron chi connectivity index (χ2n) is 5.91. The predicted octanol–water partition coefficient (Wildman–Crippen LogP) is 2.76. The Morgan fingerprint density at radius 3 is 2.72 bits per heavy atom. The minimum atomic E-state index is -0.0996. The van der Waals surface area contributed by atoms with E-state index in [1.54, 1.807) is 6.07 Å². The molecule has 0 saturated carbocycles. The van der Waals surface area contributed by atoms with Gasteiger partial charge in [0, 0.05) is 26.2 Å². The monoisotopic (exact) mass is 385 g/mol. The molecule has 3 rings (SSSR count). The Balaban J connectivity index is 0.00000156. The Morgan fingerprint density at radius 2 is 2.00 bits per heavy atom. The molecule has 2 aromatic rings. The molecular formula is C18H25Cl2N3O2. The predicted molar refractivity (Wildman–Crippen MR) is 103 cm³/mol. The number of nitrogens with two attached hydrogens (primary N) is 1. The molecule has 1 aliphatic rings. The van der Waals surface area contributed by atoms with Crippen molar-refractivity contribution in [2.45, 2.75) is 25.9 Å². The first-order chi connectivity index (χ1) is 11.3. The Labute approximate surface area is 160 Å². The standard InChI is InChI=1S/C18H23N3O2.2ClH/c19-11-17-10-16(13-23-17)18(22)20-7-3-8-21-9-6-14-4-1-2-5-15(14)12-21;;/h1-2,4-5,10,13H,3,6-9,11-12,19H2,(H,20,22);2*1H. The number of benzene rings is 1. The van der Waals surface area contributed by atoms with Crippen molar-refractivity contribution in [2.24, 2.45) is 5.73 Å². The summed E-state index contributed by atoms with van der Waals surface area (Å²) in [5, 5.41) is 2.93. The summed E-state index contributed by atoms with van der Waals surface area (Å²) in [5.41, 5.74) is 8.90. The lowest BCUT2D eigenvalue weighted by molar-refractivity contribution is 0.0950. The number of halogens is 2. The quantitative estimate of drug-likeness (QED) is 0.749. The van der Waals surface area contributed by atoms with E-state index in [1.165, 1.54) is 17.4 Å². The third-order valence-corrected chi connectivity index (χ3v) is 4.26. The highest BCUT2D eigenvalue weighted by atomic mass is 35.5. The van der Waals surface area contributed by atoms with Gasteiger partial charge in [0.05, 0.1) is 12.1 Å². The molecule has 0 unspecified atom stereocenters. The summed E-state index contributed by atoms with van der Waals surface area (Å²) < 4.78 is 5.18. The summed E-state index contributed by atoms with van der Waals surface area (Å²) in [7, 11) is 0. The maximum Gasteiger partial charge on any atom is 0.254 e. The minimum Gasteiger partial charge on any atom is -0.467 e. The van der Waals surface area contributed by atoms with E-state index >= 15 is 0 Å². The van der Waals surface area contributed by atoms with Crippen LogP contribution in [-0.2, 0) is 19.5 Å². The van der Waals surface area contributed by atoms with Crippen molar-refractivity contribution in [2.75, 3.05) is 19.6 Å². The second kappa shape index (κ2) is 10.5. The molecule has 2 heterocycles. The lowest BCUT2D eigenvalue weighted by Gasteiger charge is -2.28. The number of carbonyl (C=O) groups excluding carboxylic acids is 1. The first kappa shape index (κ1) is 21.5. The van der Waals surface area contributed by atoms with Gasteiger partial charge in [-0.2, -0.15) is 0 Å². The van der Waals surface area contributed by atoms with Gasteiger partial charge < -0.3 is 15.5 Å². The molecule has 1 aromatic heterocycles. The van der Waals surface area contributed by atoms with E-state index in [4.69, 9.17) is 10.2 Å². The van der Waals surface area contributed by atoms with Gasteiger partial charge in [0.1, 0.15) is 12.0 Å². The molecule has 1 amide bonds. The molecule has 3 N–H and O–H groups in total. The molecule has 25 heavy (non-hydrogen) atoms. The van der Waals surface area contributed by atoms with Crippen LogP contribution in [0.4, 0.5) is 0 Å². The molecule has 1 aromatic carbocycles. The zero-order chi connectivity index (χ0) is 16.1. The van der Waals surface area contributed by atoms with Crippen LogP contribution in [0.5, 0.6) is 0 Å². The number of nitrogens with one attached hydrogen (secondary N) is 1. The summed E-state index contributed by atoms with van der Waals surface area (Å²) in [4.78, 5) is 14.4. The average Bonchev–Trinajstić information content (AvgIpc) is 3.07. The topological polar surface area (TPSA) is 71.5 Å². The van der Waals surface area contributed by atoms with Gasteiger partial charge in [0.2, 0.25) is 0 Å². The number of rotatable bonds is 6. The smallest absolute Gasteiger partial charge is 0.254 e. The van der Waals surface area contributed by atoms with Crippen molar-refractivity contribution < 1.29 is 9.21 Å². The van der Waals surface area contributed by atoms with Crippen LogP contribution in [0.1, 0.15) is 33.7 Å². The fourth-order valence-electron chi connectivity index (χ4n) is 2.96. The van der Waals surface area contributed by atoms with Crippen molar-refractivity contribution >= 4 is 30.7 Å². The fourth-order valence-corrected chi connectivity index (χ4v) is 2.96. The van der Waals surface area contributed by atoms with Crippen LogP contribution in [-0.4, -0.2) is 30.4 Å². The van der Waals surface area contributed by atoms with Crippen LogP contribution in [0, 0.1) is 0 Å². The Kier molecular flexibility index (Phi) is 9.00. The maximum absolute atomic E-state index is 12.0. The average molecular weight is 386 g/mol. The lowest BCUT2D eigenvalue weighted by Crippen LogP contribution is -2.33. The number of hydrogen-bond donors (Lipinski definition) is 2. The van der Waals surface area contributed by atoms with E-state index in [1.807, 2.05) is 0 Å². The third kappa shape index (κ3) is 5.75. The van der Waals surface area contributed by atoms with E-state index in [2.05, 4.69) is 34.5 Å². The molecule has 0 atom stereocenters. The van der Waals surface area contributed by atoms with Crippen molar-refractivity contribution in [3.8, 4) is 0 Å². The second-order valence-corrected chi connectivity index (χ2v) is 5.91. The minimum absolute atomic E-state index is 0. The highest BCUT2D eigenvalue weighted by Gasteiger charge is 2.15. The number of furan rings is 1. The summed E-state index contributed by atoms with van der Waals surface area (Å²) in [6, 6.07) is 10.3. The van der Waals surface area contributed by atoms with Gasteiger partial charge in [-0.1, -0.05) is 24.3 Å². The van der Waals surface area contributed by atoms with Gasteiger partial charge in [-0.15, -0.1) is 24.8 Å². The van der Waals surface area contributed by atoms with Gasteiger partial charge >= 0.3 is 0 Å². The van der Waals surface area contributed by atoms with Gasteiger partial charge in [-0.3, -0.25) is 9.69 Å². The number of hydrogen-bond acceptors (Lipinski definition) is 4. The van der Waals surface area contributed by atoms with Crippen molar-refractivity contribution in [1.29, 1.82) is 0 Å². The number of amides is 1. The molecule has 0 radical (unpaired) electrons. The molecular weight excluding hydrogens is 361 g/mol. The molecule has 0 fully saturated rings. The summed E-state index contributed by atoms with van der Waals surface area (Å²) >= 11 is 0. The zero-order valence-corrected chi connectivity index (χ0v) is 15.7. The molecule has 7 heteroatoms. The normalized spacial score (nSPS) is 13.3. The van der Waals surface area contributed by atoms with Crippen LogP contribution < -0.4 is 11.1 Å². The van der Waals surface area contributed by atoms with Crippen molar-refractivity contribution in [3.63, 3.8) is 0 Å². The molecule has 0 aliphatic carbocycles. The van der Waals surface area contributed by atoms with Crippen molar-refractivity contribution in [1.82, 2.24) is 10.2 Å². The van der Waals surface area contributed by atoms with Gasteiger partial charge in [0.25, 0.3) is 5.91 Å². The highest BCUT2D eigenvalue weighted by molar-refractivity contribution is 5.93. The van der Waals surface area contributed by atoms with E-state index < -0.39 is 0 Å². The number of carbonyl (C=O) groups is 1. The van der Waals surface area contributed by atoms with Crippen LogP contribution in [0.25, 0.3) is 0 Å².